The molecule has 10 heteroatoms. The highest BCUT2D eigenvalue weighted by Crippen LogP contribution is 2.59. The van der Waals surface area contributed by atoms with Gasteiger partial charge in [-0.25, -0.2) is 0 Å². The molecule has 0 saturated carbocycles. The number of benzene rings is 8. The predicted octanol–water partition coefficient (Wildman–Crippen LogP) is 35.7. The molecular weight excluding hydrogens is 1690 g/mol. The van der Waals surface area contributed by atoms with Crippen molar-refractivity contribution in [2.24, 2.45) is 0 Å². The van der Waals surface area contributed by atoms with Crippen LogP contribution in [0, 0.1) is 0 Å². The van der Waals surface area contributed by atoms with Crippen LogP contribution in [0.3, 0.4) is 0 Å². The number of nitrogens with zero attached hydrogens (tertiary/aromatic N) is 2. The molecule has 2 aliphatic carbocycles. The van der Waals surface area contributed by atoms with Crippen molar-refractivity contribution in [1.82, 2.24) is 9.13 Å². The number of rotatable bonds is 52. The van der Waals surface area contributed by atoms with Crippen molar-refractivity contribution in [3.05, 3.63) is 187 Å². The SMILES string of the molecule is CCCCCCCCC1(CCCCCCCC)c2cc(B3OC(C)(C)C(C)(C)O3)ccc2-c2cc3c(cc21)c1ccccc1n3-c1cc(CCCCCC)c(B2OC(C)(C)C(C)(C)O2)cc1CCCCCC.CCCCCCCCC1(CCCCCCCC)c2cc(Br)ccc2-c2cc3c(cc21)c1ccccc1n3-c1cc(CCCCCC)c(Br)cc1CCCCCC. The number of hydrogen-bond donors (Lipinski definition) is 0. The van der Waals surface area contributed by atoms with Crippen LogP contribution in [0.15, 0.2) is 142 Å². The monoisotopic (exact) mass is 1860 g/mol. The second kappa shape index (κ2) is 46.5. The number of fused-ring (bicyclic) bond motifs is 12. The topological polar surface area (TPSA) is 46.8 Å². The highest BCUT2D eigenvalue weighted by Gasteiger charge is 2.55. The molecule has 14 rings (SSSR count). The zero-order chi connectivity index (χ0) is 90.6. The number of para-hydroxylation sites is 2. The molecule has 4 aliphatic rings. The molecule has 128 heavy (non-hydrogen) atoms. The molecular formula is C118H166B2Br2N2O4. The summed E-state index contributed by atoms with van der Waals surface area (Å²) >= 11 is 8.04. The minimum absolute atomic E-state index is 0.0507. The Morgan fingerprint density at radius 3 is 0.992 bits per heavy atom. The van der Waals surface area contributed by atoms with E-state index >= 15 is 0 Å². The van der Waals surface area contributed by atoms with Crippen LogP contribution in [0.4, 0.5) is 0 Å². The third kappa shape index (κ3) is 22.4. The minimum atomic E-state index is -0.412. The summed E-state index contributed by atoms with van der Waals surface area (Å²) in [6.07, 6.45) is 60.6. The maximum atomic E-state index is 6.91. The highest BCUT2D eigenvalue weighted by atomic mass is 79.9. The third-order valence-corrected chi connectivity index (χ3v) is 32.7. The van der Waals surface area contributed by atoms with Crippen molar-refractivity contribution < 1.29 is 18.6 Å². The molecule has 0 atom stereocenters. The largest absolute Gasteiger partial charge is 0.495 e. The molecule has 8 aromatic carbocycles. The summed E-state index contributed by atoms with van der Waals surface area (Å²) in [7, 11) is -0.796. The van der Waals surface area contributed by atoms with Crippen LogP contribution in [0.25, 0.3) is 77.2 Å². The van der Waals surface area contributed by atoms with E-state index in [2.05, 4.69) is 285 Å². The van der Waals surface area contributed by atoms with E-state index in [-0.39, 0.29) is 10.8 Å². The van der Waals surface area contributed by atoms with E-state index in [0.717, 1.165) is 56.8 Å². The Balaban J connectivity index is 0.000000226. The number of unbranched alkanes of at least 4 members (excludes halogenated alkanes) is 32. The standard InChI is InChI=1S/C65H95B2NO4.C53H71Br2N/c1-13-17-21-25-27-33-41-65(42-34-28-26-22-18-14-2)55-45-50(66-69-61(5,6)62(7,8)70-66)39-40-51(55)53-47-60-54(46-56(53)65)52-37-31-32-38-58(52)68(60)59-44-48(35-29-23-19-15-3)57(43-49(59)36-30-24-20-16-4)67-71-63(9,10)64(11,12)72-67;1-5-9-13-17-19-25-33-53(34-26-20-18-14-10-6-2)47-37-42(54)31-32-43(47)45-39-52-46(38-48(45)53)44-29-23-24-30-50(44)56(52)51-36-40(27-21-15-11-7-3)49(55)35-41(51)28-22-16-12-8-4/h31-32,37-40,43-47H,13-30,33-36,41-42H2,1-12H3;23-24,29-32,35-39H,5-22,25-28,33-34H2,1-4H3. The van der Waals surface area contributed by atoms with Crippen molar-refractivity contribution in [2.75, 3.05) is 0 Å². The van der Waals surface area contributed by atoms with Crippen LogP contribution < -0.4 is 10.9 Å². The van der Waals surface area contributed by atoms with E-state index in [9.17, 15) is 0 Å². The van der Waals surface area contributed by atoms with Crippen molar-refractivity contribution in [1.29, 1.82) is 0 Å². The van der Waals surface area contributed by atoms with Gasteiger partial charge in [-0.2, -0.15) is 0 Å². The second-order valence-corrected chi connectivity index (χ2v) is 43.7. The van der Waals surface area contributed by atoms with E-state index in [0.29, 0.717) is 0 Å². The third-order valence-electron chi connectivity index (χ3n) is 31.4. The molecule has 0 amide bonds. The summed E-state index contributed by atoms with van der Waals surface area (Å²) < 4.78 is 35.3. The van der Waals surface area contributed by atoms with Gasteiger partial charge in [-0.3, -0.25) is 0 Å². The van der Waals surface area contributed by atoms with E-state index in [4.69, 9.17) is 18.6 Å². The van der Waals surface area contributed by atoms with Gasteiger partial charge in [0.2, 0.25) is 0 Å². The van der Waals surface area contributed by atoms with Gasteiger partial charge in [0.05, 0.1) is 44.5 Å². The molecule has 2 saturated heterocycles. The van der Waals surface area contributed by atoms with Crippen molar-refractivity contribution in [2.45, 2.75) is 452 Å². The summed E-state index contributed by atoms with van der Waals surface area (Å²) in [6.45, 7) is 36.1. The number of hydrogen-bond acceptors (Lipinski definition) is 4. The molecule has 0 bridgehead atoms. The quantitative estimate of drug-likeness (QED) is 0.0282. The lowest BCUT2D eigenvalue weighted by atomic mass is 9.68. The predicted molar refractivity (Wildman–Crippen MR) is 564 cm³/mol. The Bertz CT molecular complexity index is 5190. The summed E-state index contributed by atoms with van der Waals surface area (Å²) in [5.74, 6) is 0. The van der Waals surface area contributed by atoms with Gasteiger partial charge in [0.1, 0.15) is 0 Å². The minimum Gasteiger partial charge on any atom is -0.399 e. The normalized spacial score (nSPS) is 16.0. The van der Waals surface area contributed by atoms with Crippen molar-refractivity contribution >= 4 is 101 Å². The van der Waals surface area contributed by atoms with Gasteiger partial charge in [-0.05, 0) is 277 Å². The molecule has 2 fully saturated rings. The molecule has 6 nitrogen and oxygen atoms in total. The summed E-state index contributed by atoms with van der Waals surface area (Å²) in [5, 5.41) is 5.52. The first-order chi connectivity index (χ1) is 62.0. The first-order valence-corrected chi connectivity index (χ1v) is 54.4. The van der Waals surface area contributed by atoms with E-state index < -0.39 is 36.6 Å². The average molecular weight is 1860 g/mol. The van der Waals surface area contributed by atoms with Gasteiger partial charge in [0, 0.05) is 52.7 Å². The molecule has 0 unspecified atom stereocenters. The molecule has 2 aromatic heterocycles. The Kier molecular flexibility index (Phi) is 36.2. The van der Waals surface area contributed by atoms with Gasteiger partial charge in [0.15, 0.2) is 0 Å². The van der Waals surface area contributed by atoms with Crippen LogP contribution in [0.5, 0.6) is 0 Å². The van der Waals surface area contributed by atoms with Crippen LogP contribution >= 0.6 is 31.9 Å². The maximum absolute atomic E-state index is 6.91. The van der Waals surface area contributed by atoms with Gasteiger partial charge < -0.3 is 27.8 Å². The number of halogens is 2. The zero-order valence-corrected chi connectivity index (χ0v) is 86.3. The Morgan fingerprint density at radius 2 is 0.586 bits per heavy atom. The first kappa shape index (κ1) is 99.8. The van der Waals surface area contributed by atoms with E-state index in [1.54, 1.807) is 11.1 Å². The zero-order valence-electron chi connectivity index (χ0n) is 83.1. The van der Waals surface area contributed by atoms with Crippen molar-refractivity contribution in [3.63, 3.8) is 0 Å². The molecule has 0 spiro atoms. The lowest BCUT2D eigenvalue weighted by molar-refractivity contribution is 0.00578. The molecule has 4 heterocycles. The maximum Gasteiger partial charge on any atom is 0.495 e. The summed E-state index contributed by atoms with van der Waals surface area (Å²) in [4.78, 5) is 0. The number of aromatic nitrogens is 2. The molecule has 2 aliphatic heterocycles. The van der Waals surface area contributed by atoms with E-state index in [1.165, 1.54) is 382 Å². The van der Waals surface area contributed by atoms with Crippen LogP contribution in [-0.2, 0) is 55.1 Å². The van der Waals surface area contributed by atoms with Gasteiger partial charge in [-0.15, -0.1) is 0 Å². The molecule has 692 valence electrons. The van der Waals surface area contributed by atoms with Gasteiger partial charge >= 0.3 is 14.2 Å². The Hall–Kier alpha value is -5.71. The van der Waals surface area contributed by atoms with Gasteiger partial charge in [0.25, 0.3) is 0 Å². The van der Waals surface area contributed by atoms with Crippen LogP contribution in [0.1, 0.15) is 438 Å². The van der Waals surface area contributed by atoms with Crippen LogP contribution in [-0.4, -0.2) is 45.8 Å². The molecule has 0 N–H and O–H groups in total. The van der Waals surface area contributed by atoms with Crippen LogP contribution in [0.2, 0.25) is 0 Å². The summed E-state index contributed by atoms with van der Waals surface area (Å²) in [5.41, 5.74) is 26.3. The van der Waals surface area contributed by atoms with Gasteiger partial charge in [-0.1, -0.05) is 385 Å². The van der Waals surface area contributed by atoms with E-state index in [1.807, 2.05) is 0 Å². The fraction of sp³-hybridized carbons (Fsp3) is 0.593. The Morgan fingerprint density at radius 1 is 0.266 bits per heavy atom. The molecule has 0 radical (unpaired) electrons. The smallest absolute Gasteiger partial charge is 0.399 e. The average Bonchev–Trinajstić information content (AvgIpc) is 1.53. The molecule has 10 aromatic rings. The van der Waals surface area contributed by atoms with Crippen molar-refractivity contribution in [3.8, 4) is 33.6 Å². The first-order valence-electron chi connectivity index (χ1n) is 52.8. The number of aryl methyl sites for hydroxylation is 4. The highest BCUT2D eigenvalue weighted by molar-refractivity contribution is 9.10. The lowest BCUT2D eigenvalue weighted by Gasteiger charge is -2.33. The fourth-order valence-electron chi connectivity index (χ4n) is 22.4. The summed E-state index contributed by atoms with van der Waals surface area (Å²) in [6, 6.07) is 53.9. The Labute approximate surface area is 795 Å². The second-order valence-electron chi connectivity index (χ2n) is 41.9. The fourth-order valence-corrected chi connectivity index (χ4v) is 23.4. The lowest BCUT2D eigenvalue weighted by Crippen LogP contribution is -2.41.